The summed E-state index contributed by atoms with van der Waals surface area (Å²) < 4.78 is 0.995. The number of hydrogen-bond acceptors (Lipinski definition) is 4. The van der Waals surface area contributed by atoms with Crippen molar-refractivity contribution in [2.75, 3.05) is 6.54 Å². The Morgan fingerprint density at radius 3 is 2.59 bits per heavy atom. The van der Waals surface area contributed by atoms with Gasteiger partial charge in [0.2, 0.25) is 5.91 Å². The molecule has 1 fully saturated rings. The Bertz CT molecular complexity index is 1120. The second-order valence-corrected chi connectivity index (χ2v) is 10.6. The molecule has 0 aliphatic carbocycles. The number of amides is 2. The minimum absolute atomic E-state index is 0.0502. The van der Waals surface area contributed by atoms with Crippen molar-refractivity contribution in [3.63, 3.8) is 0 Å². The molecule has 6 nitrogen and oxygen atoms in total. The lowest BCUT2D eigenvalue weighted by Gasteiger charge is -2.35. The van der Waals surface area contributed by atoms with E-state index < -0.39 is 18.2 Å². The maximum Gasteiger partial charge on any atom is 0.255 e. The third kappa shape index (κ3) is 4.82. The van der Waals surface area contributed by atoms with Gasteiger partial charge in [0.1, 0.15) is 6.04 Å². The van der Waals surface area contributed by atoms with E-state index in [9.17, 15) is 19.5 Å². The van der Waals surface area contributed by atoms with E-state index in [2.05, 4.69) is 15.9 Å². The number of aryl methyl sites for hydroxylation is 2. The molecule has 0 unspecified atom stereocenters. The smallest absolute Gasteiger partial charge is 0.255 e. The molecule has 0 radical (unpaired) electrons. The first-order valence-corrected chi connectivity index (χ1v) is 12.6. The number of ketones is 1. The van der Waals surface area contributed by atoms with Gasteiger partial charge in [-0.3, -0.25) is 14.4 Å². The fraction of sp³-hybridized carbons (Fsp3) is 0.444. The van der Waals surface area contributed by atoms with Crippen LogP contribution in [-0.2, 0) is 22.6 Å². The summed E-state index contributed by atoms with van der Waals surface area (Å²) in [6, 6.07) is 12.0. The van der Waals surface area contributed by atoms with Gasteiger partial charge in [-0.25, -0.2) is 0 Å². The quantitative estimate of drug-likeness (QED) is 0.593. The largest absolute Gasteiger partial charge is 0.391 e. The van der Waals surface area contributed by atoms with Gasteiger partial charge in [-0.15, -0.1) is 0 Å². The first-order chi connectivity index (χ1) is 16.2. The molecule has 2 aliphatic rings. The van der Waals surface area contributed by atoms with E-state index in [0.717, 1.165) is 21.2 Å². The number of carbonyl (C=O) groups excluding carboxylic acids is 3. The fourth-order valence-corrected chi connectivity index (χ4v) is 5.65. The summed E-state index contributed by atoms with van der Waals surface area (Å²) in [5, 5.41) is 10.4. The van der Waals surface area contributed by atoms with Crippen molar-refractivity contribution in [3.8, 4) is 0 Å². The highest BCUT2D eigenvalue weighted by Gasteiger charge is 2.45. The van der Waals surface area contributed by atoms with Gasteiger partial charge < -0.3 is 14.9 Å². The summed E-state index contributed by atoms with van der Waals surface area (Å²) >= 11 is 3.46. The topological polar surface area (TPSA) is 77.9 Å². The summed E-state index contributed by atoms with van der Waals surface area (Å²) in [6.45, 7) is 6.33. The number of hydrogen-bond donors (Lipinski definition) is 1. The van der Waals surface area contributed by atoms with E-state index in [1.807, 2.05) is 57.2 Å². The average Bonchev–Trinajstić information content (AvgIpc) is 3.33. The van der Waals surface area contributed by atoms with E-state index in [1.165, 1.54) is 4.90 Å². The second-order valence-electron chi connectivity index (χ2n) is 9.71. The molecule has 3 atom stereocenters. The van der Waals surface area contributed by atoms with Crippen LogP contribution in [0.3, 0.4) is 0 Å². The summed E-state index contributed by atoms with van der Waals surface area (Å²) in [5.41, 5.74) is 3.73. The van der Waals surface area contributed by atoms with Crippen LogP contribution >= 0.6 is 15.9 Å². The van der Waals surface area contributed by atoms with E-state index >= 15 is 0 Å². The van der Waals surface area contributed by atoms with Gasteiger partial charge >= 0.3 is 0 Å². The predicted molar refractivity (Wildman–Crippen MR) is 133 cm³/mol. The Morgan fingerprint density at radius 1 is 1.18 bits per heavy atom. The molecule has 2 aromatic rings. The molecular formula is C27H31BrN2O4. The van der Waals surface area contributed by atoms with E-state index in [4.69, 9.17) is 0 Å². The Labute approximate surface area is 209 Å². The lowest BCUT2D eigenvalue weighted by atomic mass is 9.97. The highest BCUT2D eigenvalue weighted by atomic mass is 79.9. The maximum absolute atomic E-state index is 13.8. The molecule has 7 heteroatoms. The lowest BCUT2D eigenvalue weighted by Crippen LogP contribution is -2.54. The van der Waals surface area contributed by atoms with Crippen molar-refractivity contribution in [1.82, 2.24) is 9.80 Å². The molecular weight excluding hydrogens is 496 g/mol. The van der Waals surface area contributed by atoms with Crippen LogP contribution in [0.25, 0.3) is 0 Å². The van der Waals surface area contributed by atoms with Gasteiger partial charge in [-0.2, -0.15) is 0 Å². The highest BCUT2D eigenvalue weighted by Crippen LogP contribution is 2.30. The summed E-state index contributed by atoms with van der Waals surface area (Å²) in [4.78, 5) is 43.2. The molecule has 1 N–H and O–H groups in total. The number of β-amino-alcohol motifs (C(OH)–C–C–N with tert-alkyl or cyclic N) is 1. The van der Waals surface area contributed by atoms with Crippen molar-refractivity contribution in [2.24, 2.45) is 5.92 Å². The molecule has 2 aliphatic heterocycles. The van der Waals surface area contributed by atoms with Crippen molar-refractivity contribution < 1.29 is 19.5 Å². The van der Waals surface area contributed by atoms with Crippen LogP contribution < -0.4 is 0 Å². The maximum atomic E-state index is 13.8. The van der Waals surface area contributed by atoms with Crippen LogP contribution in [0.1, 0.15) is 53.7 Å². The number of halogens is 1. The van der Waals surface area contributed by atoms with Gasteiger partial charge in [-0.05, 0) is 54.2 Å². The van der Waals surface area contributed by atoms with Crippen LogP contribution in [0, 0.1) is 12.8 Å². The zero-order valence-corrected chi connectivity index (χ0v) is 21.4. The van der Waals surface area contributed by atoms with Crippen LogP contribution in [0.5, 0.6) is 0 Å². The molecule has 2 aromatic carbocycles. The van der Waals surface area contributed by atoms with Gasteiger partial charge in [0.25, 0.3) is 5.91 Å². The first-order valence-electron chi connectivity index (χ1n) is 11.8. The van der Waals surface area contributed by atoms with Gasteiger partial charge in [0.05, 0.1) is 12.1 Å². The zero-order chi connectivity index (χ0) is 24.6. The van der Waals surface area contributed by atoms with Gasteiger partial charge in [0, 0.05) is 36.0 Å². The van der Waals surface area contributed by atoms with Crippen LogP contribution in [0.4, 0.5) is 0 Å². The van der Waals surface area contributed by atoms with Gasteiger partial charge in [-0.1, -0.05) is 54.0 Å². The van der Waals surface area contributed by atoms with Crippen molar-refractivity contribution in [3.05, 3.63) is 69.2 Å². The number of likely N-dealkylation sites (tertiary alicyclic amines) is 1. The molecule has 1 saturated heterocycles. The zero-order valence-electron chi connectivity index (χ0n) is 19.8. The number of rotatable bonds is 7. The summed E-state index contributed by atoms with van der Waals surface area (Å²) in [7, 11) is 0. The van der Waals surface area contributed by atoms with Crippen molar-refractivity contribution in [2.45, 2.75) is 64.8 Å². The first kappa shape index (κ1) is 24.6. The predicted octanol–water partition coefficient (Wildman–Crippen LogP) is 3.90. The van der Waals surface area contributed by atoms with Gasteiger partial charge in [0.15, 0.2) is 5.78 Å². The monoisotopic (exact) mass is 526 g/mol. The Morgan fingerprint density at radius 2 is 1.91 bits per heavy atom. The SMILES string of the molecule is Cc1cc(Br)ccc1CCC(=O)[C@@H]1C[C@@H](O)CN1C(=O)[C@H](C(C)C)N1Cc2ccccc2C1=O. The molecule has 0 bridgehead atoms. The number of aliphatic hydroxyl groups excluding tert-OH is 1. The highest BCUT2D eigenvalue weighted by molar-refractivity contribution is 9.10. The van der Waals surface area contributed by atoms with Crippen LogP contribution in [0.2, 0.25) is 0 Å². The minimum atomic E-state index is -0.744. The molecule has 2 amide bonds. The fourth-order valence-electron chi connectivity index (χ4n) is 5.18. The Kier molecular flexibility index (Phi) is 7.24. The van der Waals surface area contributed by atoms with E-state index in [1.54, 1.807) is 11.0 Å². The standard InChI is InChI=1S/C27H31BrN2O4/c1-16(2)25(30-14-19-6-4-5-7-22(19)26(30)33)27(34)29-15-21(31)13-23(29)24(32)11-9-18-8-10-20(28)12-17(18)3/h4-8,10,12,16,21,23,25,31H,9,11,13-15H2,1-3H3/t21-,23+,25+/m1/s1. The van der Waals surface area contributed by atoms with Crippen molar-refractivity contribution in [1.29, 1.82) is 0 Å². The molecule has 0 saturated carbocycles. The molecule has 34 heavy (non-hydrogen) atoms. The van der Waals surface area contributed by atoms with Crippen molar-refractivity contribution >= 4 is 33.5 Å². The molecule has 0 spiro atoms. The van der Waals surface area contributed by atoms with E-state index in [0.29, 0.717) is 24.9 Å². The summed E-state index contributed by atoms with van der Waals surface area (Å²) in [5.74, 6) is -0.600. The normalized spacial score (nSPS) is 20.7. The number of nitrogens with zero attached hydrogens (tertiary/aromatic N) is 2. The average molecular weight is 527 g/mol. The third-order valence-electron chi connectivity index (χ3n) is 6.95. The van der Waals surface area contributed by atoms with Crippen LogP contribution in [-0.4, -0.2) is 57.2 Å². The molecule has 2 heterocycles. The number of fused-ring (bicyclic) bond motifs is 1. The minimum Gasteiger partial charge on any atom is -0.391 e. The lowest BCUT2D eigenvalue weighted by molar-refractivity contribution is -0.142. The van der Waals surface area contributed by atoms with E-state index in [-0.39, 0.29) is 36.5 Å². The second kappa shape index (κ2) is 10.0. The van der Waals surface area contributed by atoms with Crippen LogP contribution in [0.15, 0.2) is 46.9 Å². The number of aliphatic hydroxyl groups is 1. The molecule has 180 valence electrons. The Hall–Kier alpha value is -2.51. The third-order valence-corrected chi connectivity index (χ3v) is 7.44. The summed E-state index contributed by atoms with van der Waals surface area (Å²) in [6.07, 6.45) is 0.374. The number of Topliss-reactive ketones (excluding diaryl/α,β-unsaturated/α-hetero) is 1. The molecule has 0 aromatic heterocycles. The number of benzene rings is 2. The number of carbonyl (C=O) groups is 3. The molecule has 4 rings (SSSR count). The Balaban J connectivity index is 1.51.